The molecule has 0 spiro atoms. The Balaban J connectivity index is 0.00000192. The summed E-state index contributed by atoms with van der Waals surface area (Å²) in [5.41, 5.74) is 3.54. The molecular weight excluding hydrogens is 314 g/mol. The molecule has 1 heterocycles. The van der Waals surface area contributed by atoms with Crippen LogP contribution in [-0.4, -0.2) is 49.9 Å². The number of hydrogen-bond donors (Lipinski definition) is 1. The number of rotatable bonds is 4. The van der Waals surface area contributed by atoms with Crippen LogP contribution in [0.3, 0.4) is 0 Å². The van der Waals surface area contributed by atoms with Crippen LogP contribution in [0.25, 0.3) is 10.8 Å². The van der Waals surface area contributed by atoms with Crippen LogP contribution in [0, 0.1) is 0 Å². The van der Waals surface area contributed by atoms with E-state index in [4.69, 9.17) is 4.74 Å². The Hall–Kier alpha value is -1.95. The van der Waals surface area contributed by atoms with Crippen molar-refractivity contribution in [3.8, 4) is 0 Å². The van der Waals surface area contributed by atoms with Gasteiger partial charge < -0.3 is 4.74 Å². The number of hydrogen-bond acceptors (Lipinski definition) is 4. The third-order valence-electron chi connectivity index (χ3n) is 3.65. The molecule has 3 rings (SSSR count). The van der Waals surface area contributed by atoms with Gasteiger partial charge in [-0.15, -0.1) is 12.4 Å². The van der Waals surface area contributed by atoms with E-state index in [0.717, 1.165) is 24.0 Å². The first-order valence-electron chi connectivity index (χ1n) is 7.42. The van der Waals surface area contributed by atoms with E-state index in [-0.39, 0.29) is 18.3 Å². The summed E-state index contributed by atoms with van der Waals surface area (Å²) in [6.07, 6.45) is 1.67. The number of carbonyl (C=O) groups excluding carboxylic acids is 1. The van der Waals surface area contributed by atoms with Gasteiger partial charge in [-0.3, -0.25) is 9.69 Å². The topological polar surface area (TPSA) is 53.9 Å². The van der Waals surface area contributed by atoms with E-state index in [1.165, 1.54) is 5.39 Å². The van der Waals surface area contributed by atoms with Crippen LogP contribution in [0.5, 0.6) is 0 Å². The van der Waals surface area contributed by atoms with E-state index in [2.05, 4.69) is 27.6 Å². The number of carbonyl (C=O) groups is 1. The standard InChI is InChI=1S/C17H19N3O2.ClH/c21-17(13-20-7-9-22-10-8-20)19-18-12-14-5-6-15-3-1-2-4-16(15)11-14;/h1-6,11-12H,7-10,13H2,(H,19,21);1H/b18-12+;. The maximum Gasteiger partial charge on any atom is 0.254 e. The maximum absolute atomic E-state index is 11.8. The maximum atomic E-state index is 11.8. The fourth-order valence-corrected chi connectivity index (χ4v) is 2.46. The molecule has 2 aromatic rings. The second-order valence-electron chi connectivity index (χ2n) is 5.29. The molecule has 0 bridgehead atoms. The number of morpholine rings is 1. The van der Waals surface area contributed by atoms with E-state index in [1.54, 1.807) is 6.21 Å². The van der Waals surface area contributed by atoms with Gasteiger partial charge >= 0.3 is 0 Å². The molecule has 1 aliphatic heterocycles. The number of fused-ring (bicyclic) bond motifs is 1. The Bertz CT molecular complexity index is 684. The minimum Gasteiger partial charge on any atom is -0.379 e. The molecule has 1 saturated heterocycles. The number of amides is 1. The molecule has 23 heavy (non-hydrogen) atoms. The van der Waals surface area contributed by atoms with Crippen molar-refractivity contribution < 1.29 is 9.53 Å². The van der Waals surface area contributed by atoms with E-state index in [0.29, 0.717) is 19.8 Å². The lowest BCUT2D eigenvalue weighted by molar-refractivity contribution is -0.123. The van der Waals surface area contributed by atoms with Gasteiger partial charge in [-0.25, -0.2) is 5.43 Å². The van der Waals surface area contributed by atoms with E-state index in [9.17, 15) is 4.79 Å². The van der Waals surface area contributed by atoms with E-state index in [1.807, 2.05) is 30.3 Å². The van der Waals surface area contributed by atoms with Crippen LogP contribution < -0.4 is 5.43 Å². The fourth-order valence-electron chi connectivity index (χ4n) is 2.46. The van der Waals surface area contributed by atoms with Gasteiger partial charge in [-0.05, 0) is 22.4 Å². The monoisotopic (exact) mass is 333 g/mol. The number of ether oxygens (including phenoxy) is 1. The van der Waals surface area contributed by atoms with Crippen molar-refractivity contribution in [2.45, 2.75) is 0 Å². The number of nitrogens with one attached hydrogen (secondary N) is 1. The first-order valence-corrected chi connectivity index (χ1v) is 7.42. The van der Waals surface area contributed by atoms with Crippen LogP contribution in [0.1, 0.15) is 5.56 Å². The van der Waals surface area contributed by atoms with Gasteiger partial charge in [0.2, 0.25) is 0 Å². The predicted octanol–water partition coefficient (Wildman–Crippen LogP) is 2.04. The Kier molecular flexibility index (Phi) is 6.52. The summed E-state index contributed by atoms with van der Waals surface area (Å²) in [7, 11) is 0. The lowest BCUT2D eigenvalue weighted by Gasteiger charge is -2.25. The fraction of sp³-hybridized carbons (Fsp3) is 0.294. The Morgan fingerprint density at radius 3 is 2.70 bits per heavy atom. The number of hydrazone groups is 1. The quantitative estimate of drug-likeness (QED) is 0.688. The van der Waals surface area contributed by atoms with Crippen LogP contribution in [0.4, 0.5) is 0 Å². The van der Waals surface area contributed by atoms with Crippen molar-refractivity contribution in [2.75, 3.05) is 32.8 Å². The Morgan fingerprint density at radius 2 is 1.91 bits per heavy atom. The second kappa shape index (κ2) is 8.62. The summed E-state index contributed by atoms with van der Waals surface area (Å²) in [5, 5.41) is 6.38. The summed E-state index contributed by atoms with van der Waals surface area (Å²) in [6.45, 7) is 3.32. The van der Waals surface area contributed by atoms with Gasteiger partial charge in [0, 0.05) is 13.1 Å². The van der Waals surface area contributed by atoms with E-state index < -0.39 is 0 Å². The first-order chi connectivity index (χ1) is 10.8. The number of halogens is 1. The molecule has 0 aliphatic carbocycles. The van der Waals surface area contributed by atoms with Crippen LogP contribution >= 0.6 is 12.4 Å². The largest absolute Gasteiger partial charge is 0.379 e. The predicted molar refractivity (Wildman–Crippen MR) is 94.2 cm³/mol. The molecule has 0 saturated carbocycles. The molecule has 0 aromatic heterocycles. The van der Waals surface area contributed by atoms with E-state index >= 15 is 0 Å². The molecule has 6 heteroatoms. The second-order valence-corrected chi connectivity index (χ2v) is 5.29. The summed E-state index contributed by atoms with van der Waals surface area (Å²) >= 11 is 0. The van der Waals surface area contributed by atoms with Crippen molar-refractivity contribution >= 4 is 35.3 Å². The first kappa shape index (κ1) is 17.4. The van der Waals surface area contributed by atoms with Gasteiger partial charge in [0.1, 0.15) is 0 Å². The third-order valence-corrected chi connectivity index (χ3v) is 3.65. The SMILES string of the molecule is Cl.O=C(CN1CCOCC1)N/N=C/c1ccc2ccccc2c1. The van der Waals surface area contributed by atoms with Gasteiger partial charge in [-0.2, -0.15) is 5.10 Å². The highest BCUT2D eigenvalue weighted by Crippen LogP contribution is 2.14. The average Bonchev–Trinajstić information content (AvgIpc) is 2.55. The highest BCUT2D eigenvalue weighted by Gasteiger charge is 2.13. The van der Waals surface area contributed by atoms with Gasteiger partial charge in [-0.1, -0.05) is 36.4 Å². The van der Waals surface area contributed by atoms with Crippen molar-refractivity contribution in [1.29, 1.82) is 0 Å². The molecular formula is C17H20ClN3O2. The minimum atomic E-state index is -0.0982. The molecule has 1 aliphatic rings. The molecule has 1 fully saturated rings. The third kappa shape index (κ3) is 5.03. The van der Waals surface area contributed by atoms with Crippen LogP contribution in [0.15, 0.2) is 47.6 Å². The lowest BCUT2D eigenvalue weighted by Crippen LogP contribution is -2.42. The molecule has 122 valence electrons. The average molecular weight is 334 g/mol. The van der Waals surface area contributed by atoms with Crippen LogP contribution in [0.2, 0.25) is 0 Å². The molecule has 2 aromatic carbocycles. The highest BCUT2D eigenvalue weighted by molar-refractivity contribution is 5.91. The van der Waals surface area contributed by atoms with Crippen molar-refractivity contribution in [3.05, 3.63) is 48.0 Å². The highest BCUT2D eigenvalue weighted by atomic mass is 35.5. The normalized spacial score (nSPS) is 15.5. The summed E-state index contributed by atoms with van der Waals surface area (Å²) < 4.78 is 5.25. The zero-order chi connectivity index (χ0) is 15.2. The molecule has 0 radical (unpaired) electrons. The summed E-state index contributed by atoms with van der Waals surface area (Å²) in [5.74, 6) is -0.0982. The summed E-state index contributed by atoms with van der Waals surface area (Å²) in [6, 6.07) is 14.2. The van der Waals surface area contributed by atoms with Crippen molar-refractivity contribution in [2.24, 2.45) is 5.10 Å². The van der Waals surface area contributed by atoms with Gasteiger partial charge in [0.15, 0.2) is 0 Å². The van der Waals surface area contributed by atoms with Crippen molar-refractivity contribution in [1.82, 2.24) is 10.3 Å². The lowest BCUT2D eigenvalue weighted by atomic mass is 10.1. The van der Waals surface area contributed by atoms with Gasteiger partial charge in [0.25, 0.3) is 5.91 Å². The molecule has 1 amide bonds. The molecule has 1 N–H and O–H groups in total. The zero-order valence-electron chi connectivity index (χ0n) is 12.8. The smallest absolute Gasteiger partial charge is 0.254 e. The number of nitrogens with zero attached hydrogens (tertiary/aromatic N) is 2. The van der Waals surface area contributed by atoms with Gasteiger partial charge in [0.05, 0.1) is 26.0 Å². The summed E-state index contributed by atoms with van der Waals surface area (Å²) in [4.78, 5) is 13.9. The molecule has 0 unspecified atom stereocenters. The van der Waals surface area contributed by atoms with Crippen molar-refractivity contribution in [3.63, 3.8) is 0 Å². The Labute approximate surface area is 141 Å². The number of benzene rings is 2. The molecule has 5 nitrogen and oxygen atoms in total. The molecule has 0 atom stereocenters. The Morgan fingerprint density at radius 1 is 1.17 bits per heavy atom. The van der Waals surface area contributed by atoms with Crippen LogP contribution in [-0.2, 0) is 9.53 Å². The zero-order valence-corrected chi connectivity index (χ0v) is 13.6. The minimum absolute atomic E-state index is 0.